The molecule has 8 rings (SSSR count). The van der Waals surface area contributed by atoms with Crippen LogP contribution in [0.5, 0.6) is 11.6 Å². The number of morpholine rings is 1. The number of pyridine rings is 1. The van der Waals surface area contributed by atoms with Crippen LogP contribution in [0.25, 0.3) is 10.9 Å². The van der Waals surface area contributed by atoms with Crippen molar-refractivity contribution in [2.75, 3.05) is 46.0 Å². The fourth-order valence-corrected chi connectivity index (χ4v) is 11.0. The van der Waals surface area contributed by atoms with Crippen molar-refractivity contribution < 1.29 is 46.5 Å². The van der Waals surface area contributed by atoms with Gasteiger partial charge in [-0.15, -0.1) is 6.58 Å². The third-order valence-corrected chi connectivity index (χ3v) is 16.6. The lowest BCUT2D eigenvalue weighted by molar-refractivity contribution is -0.154. The lowest BCUT2D eigenvalue weighted by atomic mass is 9.77. The molecule has 14 nitrogen and oxygen atoms in total. The summed E-state index contributed by atoms with van der Waals surface area (Å²) in [6.45, 7) is 15.5. The normalized spacial score (nSPS) is 30.4. The molecule has 2 amide bonds. The number of rotatable bonds is 11. The van der Waals surface area contributed by atoms with Crippen LogP contribution >= 0.6 is 0 Å². The summed E-state index contributed by atoms with van der Waals surface area (Å²) in [5.74, 6) is -1.71. The zero-order chi connectivity index (χ0) is 44.0. The molecule has 15 heteroatoms. The number of Topliss-reactive ketones (excluding diaryl/α,β-unsaturated/α-hetero) is 1. The Kier molecular flexibility index (Phi) is 12.6. The average Bonchev–Trinajstić information content (AvgIpc) is 4.19. The van der Waals surface area contributed by atoms with Crippen molar-refractivity contribution in [1.29, 1.82) is 0 Å². The predicted molar refractivity (Wildman–Crippen MR) is 232 cm³/mol. The number of ketones is 1. The van der Waals surface area contributed by atoms with Gasteiger partial charge in [-0.1, -0.05) is 51.8 Å². The molecule has 2 aromatic rings. The first-order valence-electron chi connectivity index (χ1n) is 22.7. The van der Waals surface area contributed by atoms with E-state index in [1.165, 1.54) is 4.90 Å². The van der Waals surface area contributed by atoms with E-state index in [0.29, 0.717) is 50.5 Å². The highest BCUT2D eigenvalue weighted by Gasteiger charge is 2.62. The van der Waals surface area contributed by atoms with Gasteiger partial charge in [0.2, 0.25) is 27.7 Å². The van der Waals surface area contributed by atoms with Crippen LogP contribution in [-0.2, 0) is 45.1 Å². The van der Waals surface area contributed by atoms with E-state index in [0.717, 1.165) is 68.4 Å². The molecular formula is C47H64N4O10S. The lowest BCUT2D eigenvalue weighted by Crippen LogP contribution is -2.49. The van der Waals surface area contributed by atoms with Crippen LogP contribution in [0, 0.1) is 28.6 Å². The van der Waals surface area contributed by atoms with Crippen molar-refractivity contribution in [3.8, 4) is 11.6 Å². The molecule has 338 valence electrons. The molecule has 1 aromatic carbocycles. The summed E-state index contributed by atoms with van der Waals surface area (Å²) in [6, 6.07) is 6.82. The van der Waals surface area contributed by atoms with Gasteiger partial charge in [-0.05, 0) is 81.3 Å². The number of benzene rings is 1. The molecule has 0 spiro atoms. The Labute approximate surface area is 365 Å². The largest absolute Gasteiger partial charge is 0.491 e. The fraction of sp³-hybridized carbons (Fsp3) is 0.681. The lowest BCUT2D eigenvalue weighted by Gasteiger charge is -2.34. The monoisotopic (exact) mass is 876 g/mol. The highest BCUT2D eigenvalue weighted by molar-refractivity contribution is 7.91. The Morgan fingerprint density at radius 3 is 2.53 bits per heavy atom. The van der Waals surface area contributed by atoms with Crippen LogP contribution in [0.15, 0.2) is 36.9 Å². The van der Waals surface area contributed by atoms with Gasteiger partial charge in [-0.25, -0.2) is 13.4 Å². The summed E-state index contributed by atoms with van der Waals surface area (Å²) in [5.41, 5.74) is -0.443. The number of esters is 1. The summed E-state index contributed by atoms with van der Waals surface area (Å²) < 4.78 is 52.8. The van der Waals surface area contributed by atoms with Crippen molar-refractivity contribution in [3.05, 3.63) is 42.5 Å². The highest BCUT2D eigenvalue weighted by atomic mass is 32.2. The number of nitrogens with zero attached hydrogens (tertiary/aromatic N) is 3. The van der Waals surface area contributed by atoms with Gasteiger partial charge >= 0.3 is 5.97 Å². The number of hydrogen-bond donors (Lipinski definition) is 1. The first kappa shape index (κ1) is 44.5. The first-order chi connectivity index (χ1) is 29.5. The Morgan fingerprint density at radius 2 is 1.82 bits per heavy atom. The number of allylic oxidation sites excluding steroid dienone is 1. The van der Waals surface area contributed by atoms with Crippen molar-refractivity contribution in [3.63, 3.8) is 0 Å². The molecule has 1 N–H and O–H groups in total. The summed E-state index contributed by atoms with van der Waals surface area (Å²) in [4.78, 5) is 66.0. The van der Waals surface area contributed by atoms with E-state index in [9.17, 15) is 27.6 Å². The number of carbonyl (C=O) groups excluding carboxylic acids is 4. The molecule has 3 aliphatic heterocycles. The van der Waals surface area contributed by atoms with E-state index < -0.39 is 61.5 Å². The van der Waals surface area contributed by atoms with E-state index in [4.69, 9.17) is 23.9 Å². The highest BCUT2D eigenvalue weighted by Crippen LogP contribution is 2.57. The second kappa shape index (κ2) is 17.5. The molecule has 1 aromatic heterocycles. The molecule has 2 saturated heterocycles. The Morgan fingerprint density at radius 1 is 1.06 bits per heavy atom. The van der Waals surface area contributed by atoms with Crippen LogP contribution < -0.4 is 14.2 Å². The maximum atomic E-state index is 14.9. The molecule has 62 heavy (non-hydrogen) atoms. The van der Waals surface area contributed by atoms with E-state index in [2.05, 4.69) is 16.2 Å². The summed E-state index contributed by atoms with van der Waals surface area (Å²) >= 11 is 0. The van der Waals surface area contributed by atoms with Gasteiger partial charge in [-0.3, -0.25) is 28.8 Å². The average molecular weight is 877 g/mol. The molecule has 0 unspecified atom stereocenters. The third kappa shape index (κ3) is 9.40. The molecule has 7 atom stereocenters. The number of nitrogens with one attached hydrogen (secondary N) is 1. The zero-order valence-electron chi connectivity index (χ0n) is 36.8. The fourth-order valence-electron chi connectivity index (χ4n) is 9.68. The number of amides is 2. The van der Waals surface area contributed by atoms with E-state index >= 15 is 0 Å². The van der Waals surface area contributed by atoms with Crippen LogP contribution in [0.3, 0.4) is 0 Å². The molecule has 6 aliphatic rings. The van der Waals surface area contributed by atoms with Crippen LogP contribution in [-0.4, -0.2) is 116 Å². The predicted octanol–water partition coefficient (Wildman–Crippen LogP) is 5.54. The van der Waals surface area contributed by atoms with Gasteiger partial charge in [-0.2, -0.15) is 0 Å². The zero-order valence-corrected chi connectivity index (χ0v) is 37.6. The third-order valence-electron chi connectivity index (χ3n) is 14.4. The van der Waals surface area contributed by atoms with Gasteiger partial charge < -0.3 is 23.8 Å². The standard InChI is InChI=1S/C47H64N4O10S/c1-6-31-27-47(31,44(55)49-62(56,57)46(5)16-17-46)28-38(52)37-25-32-29-51(37)43(54)35(45(2,3)4)26-40(53)61-39-24-30(39)12-8-7-9-14-34-41(59-23-20-50-18-21-58-22-19-50)33-13-10-11-15-36(33)48-42(34)60-32/h6,10-11,13,15,30-32,35,37,39H,1,7-9,12,14,16-29H2,2-5H3,(H,49,55)/t30-,31-,32-,35-,37+,39-,47-/m1/s1. The number of hydrogen-bond acceptors (Lipinski definition) is 12. The van der Waals surface area contributed by atoms with E-state index in [-0.39, 0.29) is 55.9 Å². The number of sulfonamides is 1. The van der Waals surface area contributed by atoms with E-state index in [1.807, 2.05) is 45.0 Å². The SMILES string of the molecule is C=C[C@@H]1C[C@]1(CC(=O)[C@@H]1C[C@@H]2CN1C(=O)[C@H](C(C)(C)C)CC(=O)O[C@@H]1C[C@H]1CCCCCc1c(nc3ccccc3c1OCCN1CCOCC1)O2)C(=O)NS(=O)(=O)C1(C)CC1. The first-order valence-corrected chi connectivity index (χ1v) is 24.2. The van der Waals surface area contributed by atoms with Gasteiger partial charge in [0.15, 0.2) is 5.78 Å². The Balaban J connectivity index is 1.12. The second-order valence-electron chi connectivity index (χ2n) is 20.0. The van der Waals surface area contributed by atoms with Crippen molar-refractivity contribution >= 4 is 44.5 Å². The number of ether oxygens (including phenoxy) is 4. The summed E-state index contributed by atoms with van der Waals surface area (Å²) in [7, 11) is -3.97. The number of aromatic nitrogens is 1. The van der Waals surface area contributed by atoms with Crippen molar-refractivity contribution in [2.45, 2.75) is 128 Å². The van der Waals surface area contributed by atoms with Crippen molar-refractivity contribution in [1.82, 2.24) is 19.5 Å². The summed E-state index contributed by atoms with van der Waals surface area (Å²) in [5, 5.41) is 0.883. The Hall–Kier alpha value is -4.08. The minimum absolute atomic E-state index is 0.0412. The second-order valence-corrected chi connectivity index (χ2v) is 22.2. The van der Waals surface area contributed by atoms with Gasteiger partial charge in [0.1, 0.15) is 24.6 Å². The Bertz CT molecular complexity index is 2180. The van der Waals surface area contributed by atoms with Crippen LogP contribution in [0.4, 0.5) is 0 Å². The molecule has 3 saturated carbocycles. The quantitative estimate of drug-likeness (QED) is 0.221. The minimum Gasteiger partial charge on any atom is -0.491 e. The molecule has 2 bridgehead atoms. The molecule has 4 heterocycles. The smallest absolute Gasteiger partial charge is 0.306 e. The van der Waals surface area contributed by atoms with E-state index in [1.54, 1.807) is 13.0 Å². The van der Waals surface area contributed by atoms with Crippen LogP contribution in [0.2, 0.25) is 0 Å². The number of para-hydroxylation sites is 1. The van der Waals surface area contributed by atoms with Crippen molar-refractivity contribution in [2.24, 2.45) is 28.6 Å². The van der Waals surface area contributed by atoms with Crippen LogP contribution in [0.1, 0.15) is 104 Å². The number of fused-ring (bicyclic) bond motifs is 5. The maximum absolute atomic E-state index is 14.9. The summed E-state index contributed by atoms with van der Waals surface area (Å²) in [6.07, 6.45) is 6.77. The number of carbonyl (C=O) groups is 4. The van der Waals surface area contributed by atoms with Gasteiger partial charge in [0, 0.05) is 37.9 Å². The topological polar surface area (TPSA) is 171 Å². The molecule has 3 aliphatic carbocycles. The molecule has 5 fully saturated rings. The molecular weight excluding hydrogens is 813 g/mol. The van der Waals surface area contributed by atoms with Gasteiger partial charge in [0.25, 0.3) is 0 Å². The maximum Gasteiger partial charge on any atom is 0.306 e. The molecule has 0 radical (unpaired) electrons. The van der Waals surface area contributed by atoms with Gasteiger partial charge in [0.05, 0.1) is 59.4 Å². The minimum atomic E-state index is -3.97.